The number of unbranched alkanes of at least 4 members (excludes halogenated alkanes) is 3. The number of nitrogens with zero attached hydrogens (tertiary/aromatic N) is 4. The van der Waals surface area contributed by atoms with E-state index in [4.69, 9.17) is 33.9 Å². The zero-order valence-corrected chi connectivity index (χ0v) is 48.3. The Morgan fingerprint density at radius 1 is 0.645 bits per heavy atom. The highest BCUT2D eigenvalue weighted by atomic mass is 32.2. The Morgan fingerprint density at radius 2 is 1.00 bits per heavy atom. The topological polar surface area (TPSA) is 222 Å². The third kappa shape index (κ3) is 15.1. The number of hydrogen-bond acceptors (Lipinski definition) is 12. The first-order valence-electron chi connectivity index (χ1n) is 26.3. The van der Waals surface area contributed by atoms with Gasteiger partial charge in [-0.25, -0.2) is 9.59 Å². The lowest BCUT2D eigenvalue weighted by Crippen LogP contribution is -2.58. The van der Waals surface area contributed by atoms with Crippen LogP contribution in [0.1, 0.15) is 116 Å². The molecule has 76 heavy (non-hydrogen) atoms. The summed E-state index contributed by atoms with van der Waals surface area (Å²) in [4.78, 5) is 87.0. The maximum Gasteiger partial charge on any atom is 0.407 e. The van der Waals surface area contributed by atoms with E-state index in [0.29, 0.717) is 50.4 Å². The van der Waals surface area contributed by atoms with Crippen molar-refractivity contribution in [3.63, 3.8) is 0 Å². The number of thioether (sulfide) groups is 2. The number of likely N-dealkylation sites (N-methyl/N-ethyl adjacent to an activating group) is 2. The molecule has 4 unspecified atom stereocenters. The molecule has 6 amide bonds. The van der Waals surface area contributed by atoms with E-state index in [1.165, 1.54) is 14.1 Å². The molecule has 2 aromatic carbocycles. The van der Waals surface area contributed by atoms with Crippen LogP contribution in [0, 0.1) is 10.8 Å². The number of nitrogens with one attached hydrogen (secondary N) is 4. The second kappa shape index (κ2) is 27.2. The molecule has 4 aliphatic rings. The van der Waals surface area contributed by atoms with Gasteiger partial charge in [0.1, 0.15) is 24.2 Å². The molecule has 418 valence electrons. The Hall–Kier alpha value is -4.74. The summed E-state index contributed by atoms with van der Waals surface area (Å²) in [5.41, 5.74) is 0.698. The zero-order chi connectivity index (χ0) is 55.5. The minimum Gasteiger partial charge on any atom is -0.465 e. The van der Waals surface area contributed by atoms with Crippen LogP contribution in [0.4, 0.5) is 9.59 Å². The number of fused-ring (bicyclic) bond motifs is 2. The first-order chi connectivity index (χ1) is 36.0. The summed E-state index contributed by atoms with van der Waals surface area (Å²) in [5, 5.41) is 31.4. The average molecular weight is 1130 g/mol. The fraction of sp³-hybridized carbons (Fsp3) is 0.630. The summed E-state index contributed by atoms with van der Waals surface area (Å²) in [5.74, 6) is 0.356. The quantitative estimate of drug-likeness (QED) is 0.0485. The SMILES string of the molecule is CC(C(=S)N[C@H]1CCS[C@H]2CC(C)(C)[C@@H](C(=O)NC(COCCCCCCOCC(NC(=O)[C@H]3N4C(=O)[C@@H](NC(=S)C(C)N(C)C(=O)O)CCS[C@H]4CC3(C)C)c3ccccc3)c3ccccc3)N2C1=O)N(C)C(=O)O. The largest absolute Gasteiger partial charge is 0.465 e. The van der Waals surface area contributed by atoms with Gasteiger partial charge in [-0.15, -0.1) is 23.5 Å². The lowest BCUT2D eigenvalue weighted by Gasteiger charge is -2.35. The zero-order valence-electron chi connectivity index (χ0n) is 45.0. The molecule has 0 spiro atoms. The van der Waals surface area contributed by atoms with Crippen molar-refractivity contribution in [2.75, 3.05) is 52.0 Å². The van der Waals surface area contributed by atoms with Gasteiger partial charge in [0.05, 0.1) is 58.1 Å². The first kappa shape index (κ1) is 60.5. The molecule has 22 heteroatoms. The second-order valence-corrected chi connectivity index (χ2v) is 25.1. The highest BCUT2D eigenvalue weighted by Crippen LogP contribution is 2.48. The van der Waals surface area contributed by atoms with Crippen LogP contribution >= 0.6 is 48.0 Å². The van der Waals surface area contributed by atoms with Crippen molar-refractivity contribution in [2.45, 2.75) is 152 Å². The maximum atomic E-state index is 14.5. The van der Waals surface area contributed by atoms with Crippen LogP contribution in [0.15, 0.2) is 60.7 Å². The summed E-state index contributed by atoms with van der Waals surface area (Å²) in [6.07, 6.45) is 3.33. The number of carbonyl (C=O) groups is 6. The molecule has 2 aromatic rings. The van der Waals surface area contributed by atoms with E-state index in [-0.39, 0.29) is 57.6 Å². The number of carboxylic acid groups (broad SMARTS) is 2. The van der Waals surface area contributed by atoms with Crippen LogP contribution in [-0.2, 0) is 28.7 Å². The van der Waals surface area contributed by atoms with Crippen LogP contribution < -0.4 is 21.3 Å². The highest BCUT2D eigenvalue weighted by molar-refractivity contribution is 8.00. The normalized spacial score (nSPS) is 24.3. The van der Waals surface area contributed by atoms with Crippen LogP contribution in [0.3, 0.4) is 0 Å². The minimum atomic E-state index is -1.13. The Labute approximate surface area is 467 Å². The molecule has 0 aromatic heterocycles. The average Bonchev–Trinajstić information content (AvgIpc) is 3.73. The second-order valence-electron chi connectivity index (χ2n) is 21.7. The fourth-order valence-corrected chi connectivity index (χ4v) is 14.2. The highest BCUT2D eigenvalue weighted by Gasteiger charge is 2.56. The van der Waals surface area contributed by atoms with Crippen molar-refractivity contribution in [3.05, 3.63) is 71.8 Å². The number of benzene rings is 2. The minimum absolute atomic E-state index is 0.202. The van der Waals surface area contributed by atoms with Gasteiger partial charge >= 0.3 is 12.2 Å². The van der Waals surface area contributed by atoms with E-state index in [9.17, 15) is 39.0 Å². The predicted octanol–water partition coefficient (Wildman–Crippen LogP) is 7.04. The Kier molecular flexibility index (Phi) is 21.7. The molecule has 0 bridgehead atoms. The molecule has 6 rings (SSSR count). The first-order valence-corrected chi connectivity index (χ1v) is 29.2. The summed E-state index contributed by atoms with van der Waals surface area (Å²) < 4.78 is 12.5. The van der Waals surface area contributed by atoms with E-state index in [2.05, 4.69) is 21.3 Å². The molecule has 0 saturated carbocycles. The molecular weight excluding hydrogens is 1050 g/mol. The maximum absolute atomic E-state index is 14.5. The van der Waals surface area contributed by atoms with Gasteiger partial charge < -0.3 is 60.6 Å². The molecule has 4 heterocycles. The van der Waals surface area contributed by atoms with E-state index in [1.807, 2.05) is 88.4 Å². The Balaban J connectivity index is 0.987. The molecule has 0 radical (unpaired) electrons. The molecule has 4 fully saturated rings. The van der Waals surface area contributed by atoms with Gasteiger partial charge in [0.2, 0.25) is 23.6 Å². The number of ether oxygens (including phenoxy) is 2. The van der Waals surface area contributed by atoms with Crippen LogP contribution in [0.5, 0.6) is 0 Å². The van der Waals surface area contributed by atoms with Gasteiger partial charge in [-0.05, 0) is 85.8 Å². The lowest BCUT2D eigenvalue weighted by atomic mass is 9.83. The molecular formula is C54H78N8O10S4. The summed E-state index contributed by atoms with van der Waals surface area (Å²) in [6, 6.07) is 14.2. The van der Waals surface area contributed by atoms with Gasteiger partial charge in [-0.3, -0.25) is 19.2 Å². The molecule has 10 atom stereocenters. The Bertz CT molecular complexity index is 2210. The number of rotatable bonds is 23. The molecule has 6 N–H and O–H groups in total. The molecule has 4 saturated heterocycles. The van der Waals surface area contributed by atoms with Crippen molar-refractivity contribution >= 4 is 93.8 Å². The summed E-state index contributed by atoms with van der Waals surface area (Å²) in [6.45, 7) is 12.8. The lowest BCUT2D eigenvalue weighted by molar-refractivity contribution is -0.142. The van der Waals surface area contributed by atoms with Gasteiger partial charge in [0, 0.05) is 27.3 Å². The smallest absolute Gasteiger partial charge is 0.407 e. The summed E-state index contributed by atoms with van der Waals surface area (Å²) in [7, 11) is 2.86. The standard InChI is InChI=1S/C54H78N8O10S4/c1-33(59(7)51(67)68)47(73)57-37-23-27-75-41-29-53(3,4)43(61(41)49(37)65)45(63)55-39(35-19-13-11-14-20-35)31-71-25-17-9-10-18-26-72-32-40(36-21-15-12-16-22-36)56-46(64)44-54(5,6)30-42-62(44)50(66)38(24-28-76-42)58-48(74)34(2)60(8)52(69)70/h11-16,19-22,33-34,37-44H,9-10,17-18,23-32H2,1-8H3,(H,55,63)(H,56,64)(H,57,73)(H,58,74)(H,67,68)(H,69,70)/t33?,34?,37-,38-,39?,40?,41-,42-,43+,44+/m0/s1. The van der Waals surface area contributed by atoms with Crippen LogP contribution in [0.2, 0.25) is 0 Å². The molecule has 0 aliphatic carbocycles. The van der Waals surface area contributed by atoms with E-state index < -0.39 is 71.4 Å². The Morgan fingerprint density at radius 3 is 1.34 bits per heavy atom. The van der Waals surface area contributed by atoms with Crippen molar-refractivity contribution in [3.8, 4) is 0 Å². The van der Waals surface area contributed by atoms with Crippen LogP contribution in [0.25, 0.3) is 0 Å². The molecule has 4 aliphatic heterocycles. The number of carbonyl (C=O) groups excluding carboxylic acids is 4. The van der Waals surface area contributed by atoms with Crippen molar-refractivity contribution in [1.29, 1.82) is 0 Å². The number of hydrogen-bond donors (Lipinski definition) is 6. The van der Waals surface area contributed by atoms with Crippen molar-refractivity contribution in [1.82, 2.24) is 40.9 Å². The van der Waals surface area contributed by atoms with Crippen molar-refractivity contribution < 1.29 is 48.5 Å². The third-order valence-electron chi connectivity index (χ3n) is 15.2. The number of thiocarbonyl (C=S) groups is 2. The van der Waals surface area contributed by atoms with Gasteiger partial charge in [-0.2, -0.15) is 0 Å². The van der Waals surface area contributed by atoms with Crippen molar-refractivity contribution in [2.24, 2.45) is 10.8 Å². The van der Waals surface area contributed by atoms with E-state index >= 15 is 0 Å². The van der Waals surface area contributed by atoms with Crippen LogP contribution in [-0.4, -0.2) is 175 Å². The fourth-order valence-electron chi connectivity index (χ4n) is 10.4. The van der Waals surface area contributed by atoms with E-state index in [0.717, 1.165) is 46.6 Å². The summed E-state index contributed by atoms with van der Waals surface area (Å²) >= 11 is 14.4. The monoisotopic (exact) mass is 1130 g/mol. The van der Waals surface area contributed by atoms with Gasteiger partial charge in [0.25, 0.3) is 0 Å². The predicted molar refractivity (Wildman–Crippen MR) is 304 cm³/mol. The number of amides is 6. The van der Waals surface area contributed by atoms with E-state index in [1.54, 1.807) is 47.2 Å². The van der Waals surface area contributed by atoms with Gasteiger partial charge in [-0.1, -0.05) is 126 Å². The molecule has 18 nitrogen and oxygen atoms in total. The van der Waals surface area contributed by atoms with Gasteiger partial charge in [0.15, 0.2) is 0 Å². The third-order valence-corrected chi connectivity index (χ3v) is 18.6.